The molecule has 1 atom stereocenters. The maximum absolute atomic E-state index is 12.9. The van der Waals surface area contributed by atoms with E-state index in [2.05, 4.69) is 57.2 Å². The smallest absolute Gasteiger partial charge is 0.306 e. The van der Waals surface area contributed by atoms with Crippen molar-refractivity contribution in [3.05, 3.63) is 36.5 Å². The third-order valence-electron chi connectivity index (χ3n) is 14.0. The van der Waals surface area contributed by atoms with Gasteiger partial charge in [-0.1, -0.05) is 308 Å². The van der Waals surface area contributed by atoms with Crippen molar-refractivity contribution in [3.8, 4) is 0 Å². The van der Waals surface area contributed by atoms with E-state index >= 15 is 0 Å². The number of ether oxygens (including phenoxy) is 3. The normalized spacial score (nSPS) is 12.2. The fourth-order valence-electron chi connectivity index (χ4n) is 9.27. The molecule has 0 N–H and O–H groups in total. The van der Waals surface area contributed by atoms with Crippen LogP contribution in [-0.4, -0.2) is 37.2 Å². The van der Waals surface area contributed by atoms with Gasteiger partial charge in [-0.2, -0.15) is 0 Å². The number of unbranched alkanes of at least 4 members (excludes halogenated alkanes) is 42. The number of hydrogen-bond donors (Lipinski definition) is 0. The molecule has 0 saturated heterocycles. The Bertz CT molecular complexity index is 1170. The minimum Gasteiger partial charge on any atom is -0.462 e. The van der Waals surface area contributed by atoms with E-state index in [9.17, 15) is 14.4 Å². The fourth-order valence-corrected chi connectivity index (χ4v) is 9.27. The quantitative estimate of drug-likeness (QED) is 0.0261. The van der Waals surface area contributed by atoms with E-state index in [0.717, 1.165) is 77.0 Å². The van der Waals surface area contributed by atoms with Crippen LogP contribution in [0.5, 0.6) is 0 Å². The Kier molecular flexibility index (Phi) is 57.2. The van der Waals surface area contributed by atoms with Gasteiger partial charge in [-0.15, -0.1) is 0 Å². The maximum Gasteiger partial charge on any atom is 0.306 e. The zero-order valence-electron chi connectivity index (χ0n) is 47.1. The van der Waals surface area contributed by atoms with Crippen molar-refractivity contribution in [3.63, 3.8) is 0 Å². The minimum atomic E-state index is -0.779. The Labute approximate surface area is 435 Å². The standard InChI is InChI=1S/C64H118O6/c1-4-7-10-13-16-19-22-25-28-30-32-34-36-39-42-45-48-51-54-57-63(66)69-60-61(59-68-62(65)56-53-50-47-44-41-38-35-27-24-21-18-15-12-9-6-3)70-64(67)58-55-52-49-46-43-40-37-33-31-29-26-23-20-17-14-11-8-5-2/h23,26,29,31,33,37,61H,4-22,24-25,27-28,30,32,34-36,38-60H2,1-3H3/b26-23-,31-29-,37-33-. The van der Waals surface area contributed by atoms with Gasteiger partial charge in [0.25, 0.3) is 0 Å². The van der Waals surface area contributed by atoms with Crippen molar-refractivity contribution in [2.75, 3.05) is 13.2 Å². The van der Waals surface area contributed by atoms with Gasteiger partial charge in [0.1, 0.15) is 13.2 Å². The van der Waals surface area contributed by atoms with Crippen LogP contribution in [-0.2, 0) is 28.6 Å². The number of rotatable bonds is 57. The molecular formula is C64H118O6. The number of esters is 3. The highest BCUT2D eigenvalue weighted by Crippen LogP contribution is 2.17. The lowest BCUT2D eigenvalue weighted by Crippen LogP contribution is -2.30. The van der Waals surface area contributed by atoms with Crippen LogP contribution < -0.4 is 0 Å². The van der Waals surface area contributed by atoms with Crippen molar-refractivity contribution < 1.29 is 28.6 Å². The van der Waals surface area contributed by atoms with E-state index < -0.39 is 6.10 Å². The molecule has 6 nitrogen and oxygen atoms in total. The maximum atomic E-state index is 12.9. The molecule has 70 heavy (non-hydrogen) atoms. The average Bonchev–Trinajstić information content (AvgIpc) is 3.36. The summed E-state index contributed by atoms with van der Waals surface area (Å²) in [6.07, 6.45) is 71.4. The van der Waals surface area contributed by atoms with Crippen LogP contribution in [0.2, 0.25) is 0 Å². The number of carbonyl (C=O) groups excluding carboxylic acids is 3. The molecule has 0 heterocycles. The molecule has 0 rings (SSSR count). The highest BCUT2D eigenvalue weighted by Gasteiger charge is 2.19. The van der Waals surface area contributed by atoms with E-state index in [-0.39, 0.29) is 31.1 Å². The van der Waals surface area contributed by atoms with Crippen molar-refractivity contribution in [1.29, 1.82) is 0 Å². The molecule has 0 spiro atoms. The summed E-state index contributed by atoms with van der Waals surface area (Å²) in [4.78, 5) is 38.3. The summed E-state index contributed by atoms with van der Waals surface area (Å²) in [5.74, 6) is -0.871. The van der Waals surface area contributed by atoms with Crippen LogP contribution in [0.3, 0.4) is 0 Å². The first kappa shape index (κ1) is 67.6. The lowest BCUT2D eigenvalue weighted by Gasteiger charge is -2.18. The molecular weight excluding hydrogens is 865 g/mol. The number of carbonyl (C=O) groups is 3. The first-order valence-corrected chi connectivity index (χ1v) is 31.0. The van der Waals surface area contributed by atoms with Crippen molar-refractivity contribution in [1.82, 2.24) is 0 Å². The largest absolute Gasteiger partial charge is 0.462 e. The predicted octanol–water partition coefficient (Wildman–Crippen LogP) is 20.8. The van der Waals surface area contributed by atoms with Gasteiger partial charge in [0.15, 0.2) is 6.10 Å². The first-order chi connectivity index (χ1) is 34.5. The Morgan fingerprint density at radius 2 is 0.514 bits per heavy atom. The summed E-state index contributed by atoms with van der Waals surface area (Å²) in [7, 11) is 0. The summed E-state index contributed by atoms with van der Waals surface area (Å²) in [5, 5.41) is 0. The monoisotopic (exact) mass is 983 g/mol. The van der Waals surface area contributed by atoms with E-state index in [1.807, 2.05) is 0 Å². The molecule has 0 fully saturated rings. The summed E-state index contributed by atoms with van der Waals surface area (Å²) in [6, 6.07) is 0. The van der Waals surface area contributed by atoms with Crippen molar-refractivity contribution >= 4 is 17.9 Å². The average molecular weight is 984 g/mol. The van der Waals surface area contributed by atoms with Gasteiger partial charge in [0.2, 0.25) is 0 Å². The molecule has 0 aliphatic heterocycles. The first-order valence-electron chi connectivity index (χ1n) is 31.0. The Hall–Kier alpha value is -2.37. The van der Waals surface area contributed by atoms with Gasteiger partial charge >= 0.3 is 17.9 Å². The zero-order valence-corrected chi connectivity index (χ0v) is 47.1. The molecule has 0 aromatic rings. The Morgan fingerprint density at radius 1 is 0.286 bits per heavy atom. The van der Waals surface area contributed by atoms with Crippen LogP contribution in [0.1, 0.15) is 335 Å². The molecule has 6 heteroatoms. The van der Waals surface area contributed by atoms with Gasteiger partial charge in [-0.05, 0) is 44.9 Å². The highest BCUT2D eigenvalue weighted by molar-refractivity contribution is 5.71. The molecule has 0 aromatic heterocycles. The minimum absolute atomic E-state index is 0.0753. The van der Waals surface area contributed by atoms with Crippen LogP contribution in [0.15, 0.2) is 36.5 Å². The third-order valence-corrected chi connectivity index (χ3v) is 14.0. The molecule has 0 amide bonds. The van der Waals surface area contributed by atoms with E-state index in [1.54, 1.807) is 0 Å². The van der Waals surface area contributed by atoms with Crippen LogP contribution in [0.4, 0.5) is 0 Å². The highest BCUT2D eigenvalue weighted by atomic mass is 16.6. The second kappa shape index (κ2) is 59.2. The second-order valence-corrected chi connectivity index (χ2v) is 21.0. The second-order valence-electron chi connectivity index (χ2n) is 21.0. The van der Waals surface area contributed by atoms with Gasteiger partial charge < -0.3 is 14.2 Å². The third kappa shape index (κ3) is 56.5. The van der Waals surface area contributed by atoms with Gasteiger partial charge in [0, 0.05) is 19.3 Å². The molecule has 0 aliphatic carbocycles. The van der Waals surface area contributed by atoms with Crippen molar-refractivity contribution in [2.45, 2.75) is 341 Å². The molecule has 0 radical (unpaired) electrons. The molecule has 0 aromatic carbocycles. The SMILES string of the molecule is CCCCCCC\C=C/C=C\C=C/CCCCCCCC(=O)OC(COC(=O)CCCCCCCCCCCCCCCCC)COC(=O)CCCCCCCCCCCCCCCCCCCCC. The van der Waals surface area contributed by atoms with Gasteiger partial charge in [-0.3, -0.25) is 14.4 Å². The van der Waals surface area contributed by atoms with Crippen LogP contribution in [0.25, 0.3) is 0 Å². The van der Waals surface area contributed by atoms with Crippen LogP contribution in [0, 0.1) is 0 Å². The lowest BCUT2D eigenvalue weighted by atomic mass is 10.0. The van der Waals surface area contributed by atoms with Gasteiger partial charge in [-0.25, -0.2) is 0 Å². The Balaban J connectivity index is 4.36. The summed E-state index contributed by atoms with van der Waals surface area (Å²) >= 11 is 0. The van der Waals surface area contributed by atoms with Crippen LogP contribution >= 0.6 is 0 Å². The van der Waals surface area contributed by atoms with E-state index in [1.165, 1.54) is 218 Å². The summed E-state index contributed by atoms with van der Waals surface area (Å²) in [5.41, 5.74) is 0. The molecule has 410 valence electrons. The summed E-state index contributed by atoms with van der Waals surface area (Å²) in [6.45, 7) is 6.67. The van der Waals surface area contributed by atoms with Gasteiger partial charge in [0.05, 0.1) is 0 Å². The van der Waals surface area contributed by atoms with Crippen molar-refractivity contribution in [2.24, 2.45) is 0 Å². The number of allylic oxidation sites excluding steroid dienone is 6. The lowest BCUT2D eigenvalue weighted by molar-refractivity contribution is -0.167. The predicted molar refractivity (Wildman–Crippen MR) is 302 cm³/mol. The summed E-state index contributed by atoms with van der Waals surface area (Å²) < 4.78 is 16.9. The molecule has 0 saturated carbocycles. The molecule has 0 bridgehead atoms. The molecule has 0 aliphatic rings. The fraction of sp³-hybridized carbons (Fsp3) is 0.859. The molecule has 1 unspecified atom stereocenters. The topological polar surface area (TPSA) is 78.9 Å². The van der Waals surface area contributed by atoms with E-state index in [0.29, 0.717) is 19.3 Å². The Morgan fingerprint density at radius 3 is 0.786 bits per heavy atom. The zero-order chi connectivity index (χ0) is 50.7. The number of hydrogen-bond acceptors (Lipinski definition) is 6. The van der Waals surface area contributed by atoms with E-state index in [4.69, 9.17) is 14.2 Å².